The van der Waals surface area contributed by atoms with Gasteiger partial charge in [-0.3, -0.25) is 4.79 Å². The molecule has 0 saturated carbocycles. The number of carbonyl (C=O) groups excluding carboxylic acids is 1. The van der Waals surface area contributed by atoms with Crippen molar-refractivity contribution in [1.29, 1.82) is 0 Å². The van der Waals surface area contributed by atoms with Crippen LogP contribution in [0.15, 0.2) is 24.3 Å². The summed E-state index contributed by atoms with van der Waals surface area (Å²) < 4.78 is 26.9. The highest BCUT2D eigenvalue weighted by molar-refractivity contribution is 5.86. The Labute approximate surface area is 186 Å². The summed E-state index contributed by atoms with van der Waals surface area (Å²) in [6, 6.07) is 6.26. The van der Waals surface area contributed by atoms with Gasteiger partial charge >= 0.3 is 0 Å². The molecule has 0 bridgehead atoms. The maximum atomic E-state index is 13.8. The zero-order valence-corrected chi connectivity index (χ0v) is 18.8. The average molecular weight is 441 g/mol. The van der Waals surface area contributed by atoms with Gasteiger partial charge in [-0.05, 0) is 63.8 Å². The number of nitrogens with one attached hydrogen (secondary N) is 1. The summed E-state index contributed by atoms with van der Waals surface area (Å²) in [7, 11) is 0. The van der Waals surface area contributed by atoms with Crippen LogP contribution in [0.4, 0.5) is 4.39 Å². The van der Waals surface area contributed by atoms with E-state index in [-0.39, 0.29) is 17.8 Å². The molecule has 0 radical (unpaired) electrons. The first-order chi connectivity index (χ1) is 15.5. The lowest BCUT2D eigenvalue weighted by atomic mass is 10.0. The highest BCUT2D eigenvalue weighted by atomic mass is 19.1. The smallest absolute Gasteiger partial charge is 0.220 e. The number of benzene rings is 1. The van der Waals surface area contributed by atoms with Crippen LogP contribution in [0, 0.1) is 19.7 Å². The second-order valence-electron chi connectivity index (χ2n) is 8.07. The SMILES string of the molecule is CCOc1nc2c(c(C)nn2-c2cccc(F)c2)c(C)c1CCC(=O)NC[C@@H]1CCCO1. The molecule has 32 heavy (non-hydrogen) atoms. The van der Waals surface area contributed by atoms with E-state index >= 15 is 0 Å². The molecule has 4 rings (SSSR count). The van der Waals surface area contributed by atoms with E-state index in [1.807, 2.05) is 20.8 Å². The van der Waals surface area contributed by atoms with Crippen molar-refractivity contribution in [2.75, 3.05) is 19.8 Å². The van der Waals surface area contributed by atoms with Crippen molar-refractivity contribution in [2.24, 2.45) is 0 Å². The summed E-state index contributed by atoms with van der Waals surface area (Å²) in [4.78, 5) is 17.2. The molecule has 3 heterocycles. The van der Waals surface area contributed by atoms with Gasteiger partial charge in [0.1, 0.15) is 5.82 Å². The number of pyridine rings is 1. The number of aromatic nitrogens is 3. The Kier molecular flexibility index (Phi) is 6.69. The molecule has 1 aromatic carbocycles. The Hall–Kier alpha value is -3.00. The van der Waals surface area contributed by atoms with Gasteiger partial charge in [0.05, 0.1) is 24.1 Å². The van der Waals surface area contributed by atoms with E-state index in [2.05, 4.69) is 10.4 Å². The molecule has 0 spiro atoms. The van der Waals surface area contributed by atoms with Crippen molar-refractivity contribution < 1.29 is 18.7 Å². The summed E-state index contributed by atoms with van der Waals surface area (Å²) in [5.74, 6) is 0.132. The average Bonchev–Trinajstić information content (AvgIpc) is 3.40. The fraction of sp³-hybridized carbons (Fsp3) is 0.458. The van der Waals surface area contributed by atoms with Crippen LogP contribution in [-0.4, -0.2) is 46.5 Å². The lowest BCUT2D eigenvalue weighted by Crippen LogP contribution is -2.31. The highest BCUT2D eigenvalue weighted by Crippen LogP contribution is 2.32. The van der Waals surface area contributed by atoms with Gasteiger partial charge in [-0.1, -0.05) is 6.07 Å². The molecule has 7 nitrogen and oxygen atoms in total. The van der Waals surface area contributed by atoms with Crippen molar-refractivity contribution in [2.45, 2.75) is 52.6 Å². The molecular formula is C24H29FN4O3. The summed E-state index contributed by atoms with van der Waals surface area (Å²) in [6.45, 7) is 7.57. The van der Waals surface area contributed by atoms with Gasteiger partial charge in [0.25, 0.3) is 0 Å². The van der Waals surface area contributed by atoms with Crippen LogP contribution in [0.5, 0.6) is 5.88 Å². The summed E-state index contributed by atoms with van der Waals surface area (Å²) in [6.07, 6.45) is 2.99. The monoisotopic (exact) mass is 440 g/mol. The molecule has 1 saturated heterocycles. The van der Waals surface area contributed by atoms with Gasteiger partial charge in [-0.25, -0.2) is 9.07 Å². The van der Waals surface area contributed by atoms with Crippen LogP contribution in [0.2, 0.25) is 0 Å². The normalized spacial score (nSPS) is 15.9. The molecule has 1 N–H and O–H groups in total. The minimum Gasteiger partial charge on any atom is -0.478 e. The lowest BCUT2D eigenvalue weighted by molar-refractivity contribution is -0.121. The topological polar surface area (TPSA) is 78.3 Å². The number of rotatable bonds is 8. The van der Waals surface area contributed by atoms with Crippen molar-refractivity contribution >= 4 is 16.9 Å². The molecule has 1 aliphatic heterocycles. The van der Waals surface area contributed by atoms with Crippen molar-refractivity contribution in [3.63, 3.8) is 0 Å². The summed E-state index contributed by atoms with van der Waals surface area (Å²) in [5, 5.41) is 8.48. The van der Waals surface area contributed by atoms with Crippen molar-refractivity contribution in [3.8, 4) is 11.6 Å². The Morgan fingerprint density at radius 2 is 2.22 bits per heavy atom. The number of amides is 1. The summed E-state index contributed by atoms with van der Waals surface area (Å²) >= 11 is 0. The number of halogens is 1. The fourth-order valence-electron chi connectivity index (χ4n) is 4.23. The van der Waals surface area contributed by atoms with Gasteiger partial charge in [0.15, 0.2) is 5.65 Å². The molecule has 2 aromatic heterocycles. The number of aryl methyl sites for hydroxylation is 2. The molecule has 0 aliphatic carbocycles. The zero-order valence-electron chi connectivity index (χ0n) is 18.8. The Morgan fingerprint density at radius 1 is 1.38 bits per heavy atom. The Balaban J connectivity index is 1.62. The third-order valence-corrected chi connectivity index (χ3v) is 5.82. The van der Waals surface area contributed by atoms with Crippen molar-refractivity contribution in [1.82, 2.24) is 20.1 Å². The van der Waals surface area contributed by atoms with Crippen LogP contribution in [-0.2, 0) is 16.0 Å². The van der Waals surface area contributed by atoms with Crippen molar-refractivity contribution in [3.05, 3.63) is 46.9 Å². The molecule has 3 aromatic rings. The standard InChI is InChI=1S/C24H29FN4O3/c1-4-31-24-20(10-11-21(30)26-14-19-9-6-12-32-19)15(2)22-16(3)28-29(23(22)27-24)18-8-5-7-17(25)13-18/h5,7-8,13,19H,4,6,9-12,14H2,1-3H3,(H,26,30)/t19-/m0/s1. The molecule has 1 atom stereocenters. The quantitative estimate of drug-likeness (QED) is 0.576. The number of fused-ring (bicyclic) bond motifs is 1. The predicted molar refractivity (Wildman–Crippen MR) is 120 cm³/mol. The van der Waals surface area contributed by atoms with E-state index in [0.717, 1.165) is 41.7 Å². The van der Waals surface area contributed by atoms with Gasteiger partial charge < -0.3 is 14.8 Å². The Bertz CT molecular complexity index is 1120. The molecule has 1 aliphatic rings. The molecular weight excluding hydrogens is 411 g/mol. The second-order valence-corrected chi connectivity index (χ2v) is 8.07. The van der Waals surface area contributed by atoms with E-state index in [0.29, 0.717) is 43.2 Å². The molecule has 1 fully saturated rings. The first-order valence-corrected chi connectivity index (χ1v) is 11.1. The minimum absolute atomic E-state index is 0.0189. The number of hydrogen-bond donors (Lipinski definition) is 1. The van der Waals surface area contributed by atoms with Gasteiger partial charge in [-0.15, -0.1) is 0 Å². The number of ether oxygens (including phenoxy) is 2. The maximum absolute atomic E-state index is 13.8. The van der Waals surface area contributed by atoms with E-state index in [9.17, 15) is 9.18 Å². The van der Waals surface area contributed by atoms with Crippen LogP contribution in [0.1, 0.15) is 43.0 Å². The summed E-state index contributed by atoms with van der Waals surface area (Å²) in [5.41, 5.74) is 3.87. The van der Waals surface area contributed by atoms with Gasteiger partial charge in [-0.2, -0.15) is 10.1 Å². The molecule has 0 unspecified atom stereocenters. The van der Waals surface area contributed by atoms with E-state index in [1.165, 1.54) is 12.1 Å². The largest absolute Gasteiger partial charge is 0.478 e. The first-order valence-electron chi connectivity index (χ1n) is 11.1. The van der Waals surface area contributed by atoms with E-state index < -0.39 is 0 Å². The molecule has 170 valence electrons. The second kappa shape index (κ2) is 9.65. The van der Waals surface area contributed by atoms with E-state index in [1.54, 1.807) is 16.8 Å². The zero-order chi connectivity index (χ0) is 22.7. The van der Waals surface area contributed by atoms with Crippen LogP contribution in [0.3, 0.4) is 0 Å². The Morgan fingerprint density at radius 3 is 2.94 bits per heavy atom. The van der Waals surface area contributed by atoms with E-state index in [4.69, 9.17) is 14.5 Å². The van der Waals surface area contributed by atoms with Gasteiger partial charge in [0.2, 0.25) is 11.8 Å². The number of carbonyl (C=O) groups is 1. The predicted octanol–water partition coefficient (Wildman–Crippen LogP) is 3.80. The van der Waals surface area contributed by atoms with Gasteiger partial charge in [0, 0.05) is 30.5 Å². The molecule has 1 amide bonds. The number of hydrogen-bond acceptors (Lipinski definition) is 5. The first kappa shape index (κ1) is 22.2. The van der Waals surface area contributed by atoms with Crippen LogP contribution in [0.25, 0.3) is 16.7 Å². The number of nitrogens with zero attached hydrogens (tertiary/aromatic N) is 3. The maximum Gasteiger partial charge on any atom is 0.220 e. The third kappa shape index (κ3) is 4.60. The molecule has 8 heteroatoms. The van der Waals surface area contributed by atoms with Crippen LogP contribution >= 0.6 is 0 Å². The minimum atomic E-state index is -0.337. The van der Waals surface area contributed by atoms with Crippen LogP contribution < -0.4 is 10.1 Å². The lowest BCUT2D eigenvalue weighted by Gasteiger charge is -2.15. The highest BCUT2D eigenvalue weighted by Gasteiger charge is 2.21. The third-order valence-electron chi connectivity index (χ3n) is 5.82. The fourth-order valence-corrected chi connectivity index (χ4v) is 4.23.